The fourth-order valence-corrected chi connectivity index (χ4v) is 4.52. The van der Waals surface area contributed by atoms with Gasteiger partial charge in [-0.2, -0.15) is 0 Å². The lowest BCUT2D eigenvalue weighted by Crippen LogP contribution is -2.50. The summed E-state index contributed by atoms with van der Waals surface area (Å²) in [7, 11) is 0. The quantitative estimate of drug-likeness (QED) is 0.724. The minimum atomic E-state index is 0.582. The Morgan fingerprint density at radius 2 is 2.23 bits per heavy atom. The molecular formula is C20H25N5S. The number of piperazine rings is 1. The van der Waals surface area contributed by atoms with Crippen molar-refractivity contribution in [2.45, 2.75) is 19.9 Å². The van der Waals surface area contributed by atoms with Crippen molar-refractivity contribution in [1.29, 1.82) is 0 Å². The molecule has 4 rings (SSSR count). The van der Waals surface area contributed by atoms with E-state index >= 15 is 0 Å². The SMILES string of the molecule is Cc1cnc(NCCN2CCNC[C@H]2C)nc1-c1cc2ccccc2s1. The maximum atomic E-state index is 4.80. The van der Waals surface area contributed by atoms with Crippen LogP contribution in [0.5, 0.6) is 0 Å². The van der Waals surface area contributed by atoms with E-state index in [-0.39, 0.29) is 0 Å². The number of aromatic nitrogens is 2. The van der Waals surface area contributed by atoms with E-state index in [1.165, 1.54) is 15.0 Å². The zero-order valence-corrected chi connectivity index (χ0v) is 16.1. The maximum Gasteiger partial charge on any atom is 0.223 e. The molecule has 1 aliphatic heterocycles. The van der Waals surface area contributed by atoms with Crippen molar-refractivity contribution < 1.29 is 0 Å². The molecule has 0 aliphatic carbocycles. The van der Waals surface area contributed by atoms with Crippen molar-refractivity contribution in [3.05, 3.63) is 42.1 Å². The van der Waals surface area contributed by atoms with Crippen LogP contribution in [-0.4, -0.2) is 53.6 Å². The molecule has 1 atom stereocenters. The van der Waals surface area contributed by atoms with Crippen molar-refractivity contribution in [2.24, 2.45) is 0 Å². The number of benzene rings is 1. The van der Waals surface area contributed by atoms with Gasteiger partial charge in [-0.3, -0.25) is 4.90 Å². The van der Waals surface area contributed by atoms with Gasteiger partial charge in [-0.05, 0) is 36.9 Å². The lowest BCUT2D eigenvalue weighted by atomic mass is 10.2. The van der Waals surface area contributed by atoms with Gasteiger partial charge >= 0.3 is 0 Å². The van der Waals surface area contributed by atoms with Crippen molar-refractivity contribution in [3.63, 3.8) is 0 Å². The van der Waals surface area contributed by atoms with Crippen molar-refractivity contribution >= 4 is 27.4 Å². The van der Waals surface area contributed by atoms with E-state index in [0.717, 1.165) is 44.0 Å². The van der Waals surface area contributed by atoms with Gasteiger partial charge in [0.15, 0.2) is 0 Å². The highest BCUT2D eigenvalue weighted by atomic mass is 32.1. The molecule has 2 N–H and O–H groups in total. The van der Waals surface area contributed by atoms with Crippen molar-refractivity contribution in [1.82, 2.24) is 20.2 Å². The molecule has 0 bridgehead atoms. The van der Waals surface area contributed by atoms with Crippen LogP contribution < -0.4 is 10.6 Å². The number of aryl methyl sites for hydroxylation is 1. The normalized spacial score (nSPS) is 18.3. The number of hydrogen-bond acceptors (Lipinski definition) is 6. The van der Waals surface area contributed by atoms with Gasteiger partial charge in [0.2, 0.25) is 5.95 Å². The third-order valence-electron chi connectivity index (χ3n) is 4.95. The molecule has 1 aromatic carbocycles. The highest BCUT2D eigenvalue weighted by Gasteiger charge is 2.17. The molecule has 1 fully saturated rings. The summed E-state index contributed by atoms with van der Waals surface area (Å²) in [5.41, 5.74) is 2.14. The summed E-state index contributed by atoms with van der Waals surface area (Å²) in [6.07, 6.45) is 1.92. The van der Waals surface area contributed by atoms with E-state index in [9.17, 15) is 0 Å². The molecule has 2 aromatic heterocycles. The first kappa shape index (κ1) is 17.4. The monoisotopic (exact) mass is 367 g/mol. The Morgan fingerprint density at radius 3 is 3.08 bits per heavy atom. The van der Waals surface area contributed by atoms with Gasteiger partial charge in [-0.15, -0.1) is 11.3 Å². The van der Waals surface area contributed by atoms with Crippen LogP contribution in [0.15, 0.2) is 36.5 Å². The largest absolute Gasteiger partial charge is 0.353 e. The van der Waals surface area contributed by atoms with Crippen LogP contribution in [0.4, 0.5) is 5.95 Å². The Balaban J connectivity index is 1.47. The zero-order chi connectivity index (χ0) is 17.9. The summed E-state index contributed by atoms with van der Waals surface area (Å²) in [6, 6.07) is 11.3. The van der Waals surface area contributed by atoms with Gasteiger partial charge in [0.1, 0.15) is 0 Å². The molecule has 0 spiro atoms. The predicted octanol–water partition coefficient (Wildman–Crippen LogP) is 3.37. The predicted molar refractivity (Wildman–Crippen MR) is 110 cm³/mol. The Kier molecular flexibility index (Phi) is 5.15. The van der Waals surface area contributed by atoms with Crippen molar-refractivity contribution in [3.8, 4) is 10.6 Å². The lowest BCUT2D eigenvalue weighted by Gasteiger charge is -2.33. The summed E-state index contributed by atoms with van der Waals surface area (Å²) in [4.78, 5) is 13.0. The van der Waals surface area contributed by atoms with Gasteiger partial charge in [-0.1, -0.05) is 18.2 Å². The Morgan fingerprint density at radius 1 is 1.35 bits per heavy atom. The van der Waals surface area contributed by atoms with Crippen molar-refractivity contribution in [2.75, 3.05) is 38.0 Å². The topological polar surface area (TPSA) is 53.1 Å². The third-order valence-corrected chi connectivity index (χ3v) is 6.07. The Labute approximate surface area is 158 Å². The van der Waals surface area contributed by atoms with Gasteiger partial charge < -0.3 is 10.6 Å². The fourth-order valence-electron chi connectivity index (χ4n) is 3.40. The number of rotatable bonds is 5. The summed E-state index contributed by atoms with van der Waals surface area (Å²) < 4.78 is 1.29. The summed E-state index contributed by atoms with van der Waals surface area (Å²) in [6.45, 7) is 9.46. The van der Waals surface area contributed by atoms with E-state index in [0.29, 0.717) is 12.0 Å². The smallest absolute Gasteiger partial charge is 0.223 e. The summed E-state index contributed by atoms with van der Waals surface area (Å²) >= 11 is 1.79. The Hall–Kier alpha value is -2.02. The average Bonchev–Trinajstić information content (AvgIpc) is 3.08. The van der Waals surface area contributed by atoms with Crippen LogP contribution >= 0.6 is 11.3 Å². The number of thiophene rings is 1. The lowest BCUT2D eigenvalue weighted by molar-refractivity contribution is 0.180. The molecule has 6 heteroatoms. The molecule has 0 amide bonds. The third kappa shape index (κ3) is 3.72. The first-order chi connectivity index (χ1) is 12.7. The summed E-state index contributed by atoms with van der Waals surface area (Å²) in [5, 5.41) is 8.10. The molecule has 1 saturated heterocycles. The maximum absolute atomic E-state index is 4.80. The molecule has 1 aliphatic rings. The standard InChI is InChI=1S/C20H25N5S/c1-14-12-23-20(22-8-10-25-9-7-21-13-15(25)2)24-19(14)18-11-16-5-3-4-6-17(16)26-18/h3-6,11-12,15,21H,7-10,13H2,1-2H3,(H,22,23,24)/t15-/m1/s1. The molecule has 3 aromatic rings. The molecule has 0 saturated carbocycles. The van der Waals surface area contributed by atoms with Gasteiger partial charge in [-0.25, -0.2) is 9.97 Å². The summed E-state index contributed by atoms with van der Waals surface area (Å²) in [5.74, 6) is 0.714. The second-order valence-electron chi connectivity index (χ2n) is 6.89. The minimum absolute atomic E-state index is 0.582. The van der Waals surface area contributed by atoms with Crippen LogP contribution in [0, 0.1) is 6.92 Å². The molecule has 5 nitrogen and oxygen atoms in total. The first-order valence-corrected chi connectivity index (χ1v) is 10.0. The highest BCUT2D eigenvalue weighted by molar-refractivity contribution is 7.22. The van der Waals surface area contributed by atoms with Crippen LogP contribution in [-0.2, 0) is 0 Å². The number of hydrogen-bond donors (Lipinski definition) is 2. The van der Waals surface area contributed by atoms with Crippen LogP contribution in [0.2, 0.25) is 0 Å². The molecule has 26 heavy (non-hydrogen) atoms. The number of nitrogens with zero attached hydrogens (tertiary/aromatic N) is 3. The molecule has 0 unspecified atom stereocenters. The van der Waals surface area contributed by atoms with Crippen LogP contribution in [0.3, 0.4) is 0 Å². The fraction of sp³-hybridized carbons (Fsp3) is 0.400. The zero-order valence-electron chi connectivity index (χ0n) is 15.3. The van der Waals surface area contributed by atoms with Gasteiger partial charge in [0, 0.05) is 49.7 Å². The second-order valence-corrected chi connectivity index (χ2v) is 7.97. The number of anilines is 1. The van der Waals surface area contributed by atoms with E-state index in [2.05, 4.69) is 64.7 Å². The average molecular weight is 368 g/mol. The van der Waals surface area contributed by atoms with Crippen LogP contribution in [0.1, 0.15) is 12.5 Å². The van der Waals surface area contributed by atoms with E-state index in [1.807, 2.05) is 6.20 Å². The minimum Gasteiger partial charge on any atom is -0.353 e. The second kappa shape index (κ2) is 7.70. The number of nitrogens with one attached hydrogen (secondary N) is 2. The molecule has 0 radical (unpaired) electrons. The van der Waals surface area contributed by atoms with Gasteiger partial charge in [0.25, 0.3) is 0 Å². The molecule has 136 valence electrons. The van der Waals surface area contributed by atoms with Crippen LogP contribution in [0.25, 0.3) is 20.7 Å². The van der Waals surface area contributed by atoms with Gasteiger partial charge in [0.05, 0.1) is 10.6 Å². The Bertz CT molecular complexity index is 858. The molecule has 3 heterocycles. The van der Waals surface area contributed by atoms with E-state index < -0.39 is 0 Å². The van der Waals surface area contributed by atoms with E-state index in [4.69, 9.17) is 4.98 Å². The number of fused-ring (bicyclic) bond motifs is 1. The highest BCUT2D eigenvalue weighted by Crippen LogP contribution is 2.34. The molecular weight excluding hydrogens is 342 g/mol. The first-order valence-electron chi connectivity index (χ1n) is 9.22. The van der Waals surface area contributed by atoms with E-state index in [1.54, 1.807) is 11.3 Å².